The van der Waals surface area contributed by atoms with E-state index >= 15 is 0 Å². The second-order valence-electron chi connectivity index (χ2n) is 6.48. The maximum Gasteiger partial charge on any atom is 0.115 e. The molecule has 0 amide bonds. The standard InChI is InChI=1S/C15H25N3S/c1-10(2)17-15(14-16-11(3)12(4)19-14)9-18-7-5-13(15)6-8-18/h10,13,17H,5-9H2,1-4H3. The van der Waals surface area contributed by atoms with Crippen molar-refractivity contribution in [1.82, 2.24) is 15.2 Å². The second-order valence-corrected chi connectivity index (χ2v) is 7.68. The lowest BCUT2D eigenvalue weighted by atomic mass is 9.72. The van der Waals surface area contributed by atoms with Crippen LogP contribution in [0.1, 0.15) is 42.3 Å². The Balaban J connectivity index is 2.01. The first kappa shape index (κ1) is 13.5. The Kier molecular flexibility index (Phi) is 3.44. The van der Waals surface area contributed by atoms with Crippen LogP contribution in [0.15, 0.2) is 0 Å². The smallest absolute Gasteiger partial charge is 0.115 e. The molecular formula is C15H25N3S. The number of aromatic nitrogens is 1. The van der Waals surface area contributed by atoms with Crippen LogP contribution in [0.25, 0.3) is 0 Å². The van der Waals surface area contributed by atoms with E-state index in [0.717, 1.165) is 12.5 Å². The summed E-state index contributed by atoms with van der Waals surface area (Å²) >= 11 is 1.90. The molecule has 0 saturated carbocycles. The minimum absolute atomic E-state index is 0.106. The van der Waals surface area contributed by atoms with Crippen LogP contribution in [0, 0.1) is 19.8 Å². The van der Waals surface area contributed by atoms with E-state index in [2.05, 4.69) is 37.9 Å². The van der Waals surface area contributed by atoms with E-state index in [-0.39, 0.29) is 5.54 Å². The van der Waals surface area contributed by atoms with Gasteiger partial charge in [0.2, 0.25) is 0 Å². The molecule has 3 fully saturated rings. The van der Waals surface area contributed by atoms with Crippen LogP contribution in [-0.2, 0) is 5.54 Å². The summed E-state index contributed by atoms with van der Waals surface area (Å²) in [6, 6.07) is 0.505. The Morgan fingerprint density at radius 3 is 2.42 bits per heavy atom. The number of aryl methyl sites for hydroxylation is 2. The van der Waals surface area contributed by atoms with Gasteiger partial charge in [-0.1, -0.05) is 0 Å². The summed E-state index contributed by atoms with van der Waals surface area (Å²) in [5, 5.41) is 5.21. The maximum absolute atomic E-state index is 4.91. The molecule has 4 heterocycles. The van der Waals surface area contributed by atoms with Gasteiger partial charge in [-0.2, -0.15) is 0 Å². The van der Waals surface area contributed by atoms with E-state index in [9.17, 15) is 0 Å². The van der Waals surface area contributed by atoms with Crippen LogP contribution in [0.2, 0.25) is 0 Å². The molecular weight excluding hydrogens is 254 g/mol. The Morgan fingerprint density at radius 1 is 1.32 bits per heavy atom. The fourth-order valence-corrected chi connectivity index (χ4v) is 4.85. The van der Waals surface area contributed by atoms with Gasteiger partial charge < -0.3 is 10.2 Å². The fourth-order valence-electron chi connectivity index (χ4n) is 3.71. The molecule has 4 rings (SSSR count). The highest BCUT2D eigenvalue weighted by Gasteiger charge is 2.49. The number of nitrogens with zero attached hydrogens (tertiary/aromatic N) is 2. The second kappa shape index (κ2) is 4.83. The van der Waals surface area contributed by atoms with Crippen LogP contribution < -0.4 is 5.32 Å². The van der Waals surface area contributed by atoms with Gasteiger partial charge in [0.25, 0.3) is 0 Å². The summed E-state index contributed by atoms with van der Waals surface area (Å²) < 4.78 is 0. The first-order chi connectivity index (χ1) is 9.01. The third-order valence-corrected chi connectivity index (χ3v) is 5.96. The Labute approximate surface area is 120 Å². The molecule has 1 aromatic rings. The molecule has 0 aliphatic carbocycles. The predicted molar refractivity (Wildman–Crippen MR) is 80.7 cm³/mol. The summed E-state index contributed by atoms with van der Waals surface area (Å²) in [5.74, 6) is 0.754. The number of hydrogen-bond donors (Lipinski definition) is 1. The van der Waals surface area contributed by atoms with Crippen molar-refractivity contribution in [2.75, 3.05) is 19.6 Å². The molecule has 1 N–H and O–H groups in total. The Hall–Kier alpha value is -0.450. The van der Waals surface area contributed by atoms with Crippen LogP contribution in [0.5, 0.6) is 0 Å². The van der Waals surface area contributed by atoms with Gasteiger partial charge >= 0.3 is 0 Å². The van der Waals surface area contributed by atoms with Gasteiger partial charge in [-0.3, -0.25) is 0 Å². The molecule has 106 valence electrons. The summed E-state index contributed by atoms with van der Waals surface area (Å²) in [7, 11) is 0. The van der Waals surface area contributed by atoms with Crippen molar-refractivity contribution in [3.8, 4) is 0 Å². The molecule has 19 heavy (non-hydrogen) atoms. The number of piperidine rings is 3. The van der Waals surface area contributed by atoms with Gasteiger partial charge in [0.15, 0.2) is 0 Å². The number of thiazole rings is 1. The largest absolute Gasteiger partial charge is 0.302 e. The van der Waals surface area contributed by atoms with Crippen LogP contribution in [0.4, 0.5) is 0 Å². The van der Waals surface area contributed by atoms with E-state index in [1.54, 1.807) is 0 Å². The van der Waals surface area contributed by atoms with Gasteiger partial charge in [-0.05, 0) is 59.5 Å². The van der Waals surface area contributed by atoms with E-state index < -0.39 is 0 Å². The molecule has 0 aromatic carbocycles. The average Bonchev–Trinajstić information content (AvgIpc) is 2.71. The van der Waals surface area contributed by atoms with Crippen molar-refractivity contribution in [3.05, 3.63) is 15.6 Å². The highest BCUT2D eigenvalue weighted by Crippen LogP contribution is 2.44. The van der Waals surface area contributed by atoms with Crippen molar-refractivity contribution in [1.29, 1.82) is 0 Å². The van der Waals surface area contributed by atoms with Crippen molar-refractivity contribution in [2.45, 2.75) is 52.1 Å². The minimum Gasteiger partial charge on any atom is -0.302 e. The van der Waals surface area contributed by atoms with Crippen LogP contribution in [-0.4, -0.2) is 35.6 Å². The van der Waals surface area contributed by atoms with Crippen molar-refractivity contribution >= 4 is 11.3 Å². The zero-order valence-corrected chi connectivity index (χ0v) is 13.3. The minimum atomic E-state index is 0.106. The molecule has 1 atom stereocenters. The molecule has 1 unspecified atom stereocenters. The maximum atomic E-state index is 4.91. The lowest BCUT2D eigenvalue weighted by Gasteiger charge is -2.53. The van der Waals surface area contributed by atoms with Crippen LogP contribution in [0.3, 0.4) is 0 Å². The average molecular weight is 279 g/mol. The molecule has 3 aliphatic heterocycles. The topological polar surface area (TPSA) is 28.2 Å². The zero-order chi connectivity index (χ0) is 13.6. The van der Waals surface area contributed by atoms with Gasteiger partial charge in [0.05, 0.1) is 11.2 Å². The third-order valence-electron chi connectivity index (χ3n) is 4.71. The molecule has 3 saturated heterocycles. The number of rotatable bonds is 3. The van der Waals surface area contributed by atoms with E-state index in [1.807, 2.05) is 11.3 Å². The molecule has 0 spiro atoms. The predicted octanol–water partition coefficient (Wildman–Crippen LogP) is 2.68. The van der Waals surface area contributed by atoms with Gasteiger partial charge in [0.1, 0.15) is 5.01 Å². The number of nitrogens with one attached hydrogen (secondary N) is 1. The highest BCUT2D eigenvalue weighted by atomic mass is 32.1. The van der Waals surface area contributed by atoms with E-state index in [1.165, 1.54) is 41.5 Å². The van der Waals surface area contributed by atoms with E-state index in [4.69, 9.17) is 4.98 Å². The normalized spacial score (nSPS) is 34.2. The molecule has 3 nitrogen and oxygen atoms in total. The Bertz CT molecular complexity index is 436. The lowest BCUT2D eigenvalue weighted by molar-refractivity contribution is -0.00171. The first-order valence-corrected chi connectivity index (χ1v) is 8.27. The summed E-state index contributed by atoms with van der Waals surface area (Å²) in [5.41, 5.74) is 1.32. The SMILES string of the molecule is Cc1nc(C2(NC(C)C)CN3CCC2CC3)sc1C. The zero-order valence-electron chi connectivity index (χ0n) is 12.5. The first-order valence-electron chi connectivity index (χ1n) is 7.46. The van der Waals surface area contributed by atoms with Crippen molar-refractivity contribution in [3.63, 3.8) is 0 Å². The van der Waals surface area contributed by atoms with Crippen molar-refractivity contribution < 1.29 is 0 Å². The fraction of sp³-hybridized carbons (Fsp3) is 0.800. The van der Waals surface area contributed by atoms with Gasteiger partial charge in [-0.25, -0.2) is 4.98 Å². The summed E-state index contributed by atoms with van der Waals surface area (Å²) in [6.07, 6.45) is 2.63. The summed E-state index contributed by atoms with van der Waals surface area (Å²) in [6.45, 7) is 12.5. The van der Waals surface area contributed by atoms with Gasteiger partial charge in [0, 0.05) is 17.5 Å². The summed E-state index contributed by atoms with van der Waals surface area (Å²) in [4.78, 5) is 8.89. The number of fused-ring (bicyclic) bond motifs is 3. The van der Waals surface area contributed by atoms with Gasteiger partial charge in [-0.15, -0.1) is 11.3 Å². The molecule has 0 radical (unpaired) electrons. The Morgan fingerprint density at radius 2 is 2.00 bits per heavy atom. The molecule has 2 bridgehead atoms. The monoisotopic (exact) mass is 279 g/mol. The third kappa shape index (κ3) is 2.24. The number of hydrogen-bond acceptors (Lipinski definition) is 4. The van der Waals surface area contributed by atoms with Crippen molar-refractivity contribution in [2.24, 2.45) is 5.92 Å². The lowest BCUT2D eigenvalue weighted by Crippen LogP contribution is -2.64. The van der Waals surface area contributed by atoms with Crippen LogP contribution >= 0.6 is 11.3 Å². The molecule has 4 heteroatoms. The van der Waals surface area contributed by atoms with E-state index in [0.29, 0.717) is 6.04 Å². The molecule has 3 aliphatic rings. The quantitative estimate of drug-likeness (QED) is 0.922. The molecule has 1 aromatic heterocycles. The highest BCUT2D eigenvalue weighted by molar-refractivity contribution is 7.11.